The number of aromatic amines is 1. The number of amides is 1. The summed E-state index contributed by atoms with van der Waals surface area (Å²) in [6.45, 7) is 0. The monoisotopic (exact) mass is 272 g/mol. The van der Waals surface area contributed by atoms with Gasteiger partial charge in [0.25, 0.3) is 5.91 Å². The number of nitrogens with two attached hydrogens (primary N) is 1. The third-order valence-corrected chi connectivity index (χ3v) is 2.54. The number of hydrogen-bond donors (Lipinski definition) is 4. The van der Waals surface area contributed by atoms with Gasteiger partial charge in [0.15, 0.2) is 5.69 Å². The van der Waals surface area contributed by atoms with Crippen LogP contribution in [-0.2, 0) is 4.79 Å². The molecule has 1 aromatic rings. The zero-order valence-electron chi connectivity index (χ0n) is 9.45. The van der Waals surface area contributed by atoms with Crippen molar-refractivity contribution >= 4 is 29.6 Å². The first-order valence-corrected chi connectivity index (χ1v) is 5.77. The fourth-order valence-electron chi connectivity index (χ4n) is 0.907. The standard InChI is InChI=1S/C8H12N6O3S/c1-10-7(15)5-6(12-3-11-5)13-14-18-2-4(9)8(16)17/h3-4H,2,9H2,1H3,(H,10,15)(H,11,12)(H,16,17)/t4-/m0/s1. The quantitative estimate of drug-likeness (QED) is 0.420. The van der Waals surface area contributed by atoms with Crippen LogP contribution >= 0.6 is 11.9 Å². The van der Waals surface area contributed by atoms with Crippen LogP contribution in [0.3, 0.4) is 0 Å². The Kier molecular flexibility index (Phi) is 5.27. The van der Waals surface area contributed by atoms with Crippen LogP contribution in [0.15, 0.2) is 16.0 Å². The number of carbonyl (C=O) groups is 2. The molecule has 0 unspecified atom stereocenters. The predicted octanol–water partition coefficient (Wildman–Crippen LogP) is -0.0869. The van der Waals surface area contributed by atoms with Crippen molar-refractivity contribution < 1.29 is 14.7 Å². The van der Waals surface area contributed by atoms with Crippen molar-refractivity contribution in [3.63, 3.8) is 0 Å². The van der Waals surface area contributed by atoms with Crippen LogP contribution in [0.1, 0.15) is 10.5 Å². The summed E-state index contributed by atoms with van der Waals surface area (Å²) in [5.41, 5.74) is 5.45. The molecule has 0 spiro atoms. The van der Waals surface area contributed by atoms with Gasteiger partial charge in [-0.3, -0.25) is 9.59 Å². The fraction of sp³-hybridized carbons (Fsp3) is 0.375. The zero-order chi connectivity index (χ0) is 13.5. The van der Waals surface area contributed by atoms with Gasteiger partial charge in [-0.15, -0.1) is 9.63 Å². The number of carbonyl (C=O) groups excluding carboxylic acids is 1. The molecule has 98 valence electrons. The van der Waals surface area contributed by atoms with Crippen LogP contribution in [0.25, 0.3) is 0 Å². The molecule has 0 aliphatic heterocycles. The first-order valence-electron chi connectivity index (χ1n) is 4.83. The van der Waals surface area contributed by atoms with Crippen LogP contribution in [0, 0.1) is 0 Å². The highest BCUT2D eigenvalue weighted by Crippen LogP contribution is 2.16. The van der Waals surface area contributed by atoms with E-state index in [1.165, 1.54) is 13.4 Å². The molecule has 9 nitrogen and oxygen atoms in total. The summed E-state index contributed by atoms with van der Waals surface area (Å²) < 4.78 is 3.65. The van der Waals surface area contributed by atoms with Gasteiger partial charge in [0.1, 0.15) is 6.04 Å². The molecule has 1 heterocycles. The number of rotatable bonds is 6. The smallest absolute Gasteiger partial charge is 0.321 e. The number of H-pyrrole nitrogens is 1. The topological polar surface area (TPSA) is 146 Å². The van der Waals surface area contributed by atoms with E-state index in [2.05, 4.69) is 24.9 Å². The van der Waals surface area contributed by atoms with E-state index < -0.39 is 12.0 Å². The molecule has 0 radical (unpaired) electrons. The lowest BCUT2D eigenvalue weighted by Gasteiger charge is -2.00. The molecule has 0 aliphatic rings. The van der Waals surface area contributed by atoms with Crippen molar-refractivity contribution in [2.24, 2.45) is 15.4 Å². The highest BCUT2D eigenvalue weighted by atomic mass is 32.2. The Morgan fingerprint density at radius 3 is 3.06 bits per heavy atom. The molecule has 18 heavy (non-hydrogen) atoms. The first-order chi connectivity index (χ1) is 8.56. The van der Waals surface area contributed by atoms with Gasteiger partial charge in [0.05, 0.1) is 6.33 Å². The average Bonchev–Trinajstić information content (AvgIpc) is 2.81. The van der Waals surface area contributed by atoms with Gasteiger partial charge in [-0.05, 0) is 11.9 Å². The Morgan fingerprint density at radius 2 is 2.44 bits per heavy atom. The maximum atomic E-state index is 11.3. The van der Waals surface area contributed by atoms with Crippen molar-refractivity contribution in [2.75, 3.05) is 12.8 Å². The Bertz CT molecular complexity index is 459. The van der Waals surface area contributed by atoms with E-state index in [1.54, 1.807) is 0 Å². The average molecular weight is 272 g/mol. The van der Waals surface area contributed by atoms with Crippen molar-refractivity contribution in [1.29, 1.82) is 0 Å². The van der Waals surface area contributed by atoms with Crippen LogP contribution < -0.4 is 11.1 Å². The fourth-order valence-corrected chi connectivity index (χ4v) is 1.41. The number of nitrogens with zero attached hydrogens (tertiary/aromatic N) is 3. The number of carboxylic acids is 1. The van der Waals surface area contributed by atoms with Crippen LogP contribution in [-0.4, -0.2) is 45.8 Å². The summed E-state index contributed by atoms with van der Waals surface area (Å²) in [7, 11) is 1.48. The number of aromatic nitrogens is 2. The van der Waals surface area contributed by atoms with Gasteiger partial charge in [0, 0.05) is 12.8 Å². The molecule has 1 rings (SSSR count). The van der Waals surface area contributed by atoms with Gasteiger partial charge in [0.2, 0.25) is 5.82 Å². The van der Waals surface area contributed by atoms with E-state index in [4.69, 9.17) is 10.8 Å². The molecule has 0 aliphatic carbocycles. The second-order valence-corrected chi connectivity index (χ2v) is 3.86. The Labute approximate surface area is 106 Å². The highest BCUT2D eigenvalue weighted by molar-refractivity contribution is 7.97. The summed E-state index contributed by atoms with van der Waals surface area (Å²) >= 11 is 0.883. The van der Waals surface area contributed by atoms with Gasteiger partial charge in [-0.2, -0.15) is 0 Å². The van der Waals surface area contributed by atoms with E-state index in [0.717, 1.165) is 11.9 Å². The molecular formula is C8H12N6O3S. The molecule has 0 bridgehead atoms. The Hall–Kier alpha value is -1.94. The molecule has 1 atom stereocenters. The third kappa shape index (κ3) is 3.82. The Balaban J connectivity index is 2.55. The number of carboxylic acid groups (broad SMARTS) is 1. The van der Waals surface area contributed by atoms with Crippen LogP contribution in [0.4, 0.5) is 5.82 Å². The number of imidazole rings is 1. The second kappa shape index (κ2) is 6.71. The minimum Gasteiger partial charge on any atom is -0.480 e. The van der Waals surface area contributed by atoms with Crippen LogP contribution in [0.2, 0.25) is 0 Å². The highest BCUT2D eigenvalue weighted by Gasteiger charge is 2.13. The lowest BCUT2D eigenvalue weighted by atomic mass is 10.4. The zero-order valence-corrected chi connectivity index (χ0v) is 10.3. The van der Waals surface area contributed by atoms with E-state index in [0.29, 0.717) is 0 Å². The molecule has 1 amide bonds. The minimum atomic E-state index is -1.11. The molecule has 10 heteroatoms. The molecule has 0 saturated carbocycles. The van der Waals surface area contributed by atoms with E-state index >= 15 is 0 Å². The van der Waals surface area contributed by atoms with Crippen molar-refractivity contribution in [3.8, 4) is 0 Å². The molecule has 1 aromatic heterocycles. The van der Waals surface area contributed by atoms with E-state index in [9.17, 15) is 9.59 Å². The first kappa shape index (κ1) is 14.1. The summed E-state index contributed by atoms with van der Waals surface area (Å²) in [5, 5.41) is 14.7. The summed E-state index contributed by atoms with van der Waals surface area (Å²) in [5.74, 6) is -1.26. The lowest BCUT2D eigenvalue weighted by Crippen LogP contribution is -2.32. The van der Waals surface area contributed by atoms with Gasteiger partial charge < -0.3 is 21.1 Å². The maximum absolute atomic E-state index is 11.3. The number of nitrogens with one attached hydrogen (secondary N) is 2. The predicted molar refractivity (Wildman–Crippen MR) is 64.6 cm³/mol. The molecule has 0 fully saturated rings. The lowest BCUT2D eigenvalue weighted by molar-refractivity contribution is -0.137. The van der Waals surface area contributed by atoms with Crippen molar-refractivity contribution in [3.05, 3.63) is 12.0 Å². The third-order valence-electron chi connectivity index (χ3n) is 1.84. The normalized spacial score (nSPS) is 12.6. The summed E-state index contributed by atoms with van der Waals surface area (Å²) in [6, 6.07) is -1.01. The minimum absolute atomic E-state index is 0.0819. The largest absolute Gasteiger partial charge is 0.480 e. The number of aliphatic carboxylic acids is 1. The summed E-state index contributed by atoms with van der Waals surface area (Å²) in [6.07, 6.45) is 1.31. The SMILES string of the molecule is CNC(=O)c1[nH]cnc1N=NSC[C@H](N)C(=O)O. The van der Waals surface area contributed by atoms with E-state index in [1.807, 2.05) is 0 Å². The van der Waals surface area contributed by atoms with Crippen molar-refractivity contribution in [1.82, 2.24) is 15.3 Å². The van der Waals surface area contributed by atoms with E-state index in [-0.39, 0.29) is 23.2 Å². The van der Waals surface area contributed by atoms with Crippen molar-refractivity contribution in [2.45, 2.75) is 6.04 Å². The molecule has 0 aromatic carbocycles. The number of hydrogen-bond acceptors (Lipinski definition) is 7. The second-order valence-electron chi connectivity index (χ2n) is 3.10. The Morgan fingerprint density at radius 1 is 1.72 bits per heavy atom. The van der Waals surface area contributed by atoms with Crippen LogP contribution in [0.5, 0.6) is 0 Å². The molecular weight excluding hydrogens is 260 g/mol. The summed E-state index contributed by atoms with van der Waals surface area (Å²) in [4.78, 5) is 28.2. The van der Waals surface area contributed by atoms with Gasteiger partial charge in [-0.1, -0.05) is 0 Å². The molecule has 5 N–H and O–H groups in total. The van der Waals surface area contributed by atoms with Gasteiger partial charge >= 0.3 is 5.97 Å². The maximum Gasteiger partial charge on any atom is 0.321 e. The van der Waals surface area contributed by atoms with Gasteiger partial charge in [-0.25, -0.2) is 4.98 Å². The molecule has 0 saturated heterocycles.